The van der Waals surface area contributed by atoms with Crippen molar-refractivity contribution in [3.8, 4) is 5.75 Å². The lowest BCUT2D eigenvalue weighted by molar-refractivity contribution is -0.0498. The lowest BCUT2D eigenvalue weighted by Gasteiger charge is -2.31. The zero-order chi connectivity index (χ0) is 27.4. The highest BCUT2D eigenvalue weighted by molar-refractivity contribution is 7.92. The van der Waals surface area contributed by atoms with Crippen LogP contribution < -0.4 is 14.4 Å². The molecule has 3 aromatic carbocycles. The van der Waals surface area contributed by atoms with Gasteiger partial charge in [-0.05, 0) is 79.9 Å². The van der Waals surface area contributed by atoms with Gasteiger partial charge in [-0.25, -0.2) is 17.6 Å². The summed E-state index contributed by atoms with van der Waals surface area (Å²) >= 11 is 0. The average Bonchev–Trinajstić information content (AvgIpc) is 2.88. The van der Waals surface area contributed by atoms with E-state index in [2.05, 4.69) is 10.1 Å². The van der Waals surface area contributed by atoms with E-state index in [1.165, 1.54) is 40.7 Å². The molecule has 1 heterocycles. The minimum atomic E-state index is -4.08. The topological polar surface area (TPSA) is 102 Å². The molecule has 200 valence electrons. The summed E-state index contributed by atoms with van der Waals surface area (Å²) < 4.78 is 76.2. The highest BCUT2D eigenvalue weighted by atomic mass is 32.2. The fourth-order valence-corrected chi connectivity index (χ4v) is 5.56. The summed E-state index contributed by atoms with van der Waals surface area (Å²) in [5.41, 5.74) is 0.961. The van der Waals surface area contributed by atoms with E-state index in [1.54, 1.807) is 13.0 Å². The number of rotatable bonds is 8. The summed E-state index contributed by atoms with van der Waals surface area (Å²) in [5, 5.41) is 2.54. The molecule has 1 aliphatic rings. The smallest absolute Gasteiger partial charge is 0.387 e. The Bertz CT molecular complexity index is 1460. The van der Waals surface area contributed by atoms with E-state index in [1.807, 2.05) is 0 Å². The second kappa shape index (κ2) is 11.1. The largest absolute Gasteiger partial charge is 0.462 e. The number of aryl methyl sites for hydroxylation is 1. The van der Waals surface area contributed by atoms with E-state index >= 15 is 0 Å². The summed E-state index contributed by atoms with van der Waals surface area (Å²) in [7, 11) is -4.08. The van der Waals surface area contributed by atoms with Crippen molar-refractivity contribution in [1.82, 2.24) is 0 Å². The number of benzene rings is 3. The first-order chi connectivity index (χ1) is 18.1. The van der Waals surface area contributed by atoms with Gasteiger partial charge in [-0.3, -0.25) is 9.10 Å². The number of fused-ring (bicyclic) bond motifs is 1. The van der Waals surface area contributed by atoms with E-state index in [4.69, 9.17) is 4.74 Å². The quantitative estimate of drug-likeness (QED) is 0.398. The SMILES string of the molecule is CCOC(=O)c1ccc(NC(=O)c2ccc3c(c2)N(S(=O)(=O)c2ccc(OC(F)F)cc2)CCC3)cc1F. The molecule has 4 rings (SSSR count). The molecule has 0 unspecified atom stereocenters. The number of amides is 1. The number of nitrogens with zero attached hydrogens (tertiary/aromatic N) is 1. The van der Waals surface area contributed by atoms with Crippen LogP contribution in [0.15, 0.2) is 65.6 Å². The van der Waals surface area contributed by atoms with Crippen LogP contribution in [0.3, 0.4) is 0 Å². The minimum Gasteiger partial charge on any atom is -0.462 e. The molecular weight excluding hydrogens is 525 g/mol. The van der Waals surface area contributed by atoms with Gasteiger partial charge in [0.1, 0.15) is 11.6 Å². The van der Waals surface area contributed by atoms with Crippen molar-refractivity contribution in [1.29, 1.82) is 0 Å². The third-order valence-corrected chi connectivity index (χ3v) is 7.61. The molecule has 0 bridgehead atoms. The average molecular weight is 549 g/mol. The first-order valence-corrected chi connectivity index (χ1v) is 13.0. The normalized spacial score (nSPS) is 13.1. The van der Waals surface area contributed by atoms with Crippen LogP contribution in [-0.4, -0.2) is 40.1 Å². The molecular formula is C26H23F3N2O6S. The number of hydrogen-bond donors (Lipinski definition) is 1. The van der Waals surface area contributed by atoms with Crippen LogP contribution in [0.1, 0.15) is 39.6 Å². The number of nitrogens with one attached hydrogen (secondary N) is 1. The molecule has 12 heteroatoms. The van der Waals surface area contributed by atoms with Crippen LogP contribution in [-0.2, 0) is 21.2 Å². The lowest BCUT2D eigenvalue weighted by atomic mass is 10.0. The number of anilines is 2. The van der Waals surface area contributed by atoms with Crippen molar-refractivity contribution in [2.75, 3.05) is 22.8 Å². The van der Waals surface area contributed by atoms with E-state index in [9.17, 15) is 31.2 Å². The van der Waals surface area contributed by atoms with Crippen LogP contribution in [0, 0.1) is 5.82 Å². The zero-order valence-electron chi connectivity index (χ0n) is 20.1. The molecule has 0 aromatic heterocycles. The van der Waals surface area contributed by atoms with Crippen molar-refractivity contribution in [3.63, 3.8) is 0 Å². The maximum absolute atomic E-state index is 14.4. The summed E-state index contributed by atoms with van der Waals surface area (Å²) in [4.78, 5) is 24.6. The molecule has 0 aliphatic carbocycles. The minimum absolute atomic E-state index is 0.0836. The number of sulfonamides is 1. The number of alkyl halides is 2. The van der Waals surface area contributed by atoms with Gasteiger partial charge in [0.2, 0.25) is 0 Å². The van der Waals surface area contributed by atoms with E-state index in [0.717, 1.165) is 18.2 Å². The molecule has 38 heavy (non-hydrogen) atoms. The van der Waals surface area contributed by atoms with Crippen LogP contribution >= 0.6 is 0 Å². The van der Waals surface area contributed by atoms with Crippen molar-refractivity contribution in [3.05, 3.63) is 83.2 Å². The van der Waals surface area contributed by atoms with Gasteiger partial charge in [0, 0.05) is 17.8 Å². The molecule has 0 radical (unpaired) electrons. The third kappa shape index (κ3) is 5.75. The summed E-state index contributed by atoms with van der Waals surface area (Å²) in [6.45, 7) is -1.21. The van der Waals surface area contributed by atoms with E-state index in [0.29, 0.717) is 24.1 Å². The van der Waals surface area contributed by atoms with E-state index < -0.39 is 34.3 Å². The predicted octanol–water partition coefficient (Wildman–Crippen LogP) is 5.00. The number of halogens is 3. The number of carbonyl (C=O) groups is 2. The van der Waals surface area contributed by atoms with Crippen molar-refractivity contribution >= 4 is 33.3 Å². The number of hydrogen-bond acceptors (Lipinski definition) is 6. The Labute approximate surface area is 217 Å². The third-order valence-electron chi connectivity index (χ3n) is 5.78. The van der Waals surface area contributed by atoms with Crippen molar-refractivity contribution < 1.29 is 40.7 Å². The van der Waals surface area contributed by atoms with E-state index in [-0.39, 0.29) is 40.6 Å². The monoisotopic (exact) mass is 548 g/mol. The molecule has 3 aromatic rings. The molecule has 0 saturated carbocycles. The first-order valence-electron chi connectivity index (χ1n) is 11.6. The van der Waals surface area contributed by atoms with Gasteiger partial charge in [-0.15, -0.1) is 0 Å². The first kappa shape index (κ1) is 27.0. The Kier molecular flexibility index (Phi) is 7.91. The fourth-order valence-electron chi connectivity index (χ4n) is 4.02. The van der Waals surface area contributed by atoms with Crippen LogP contribution in [0.25, 0.3) is 0 Å². The summed E-state index contributed by atoms with van der Waals surface area (Å²) in [6, 6.07) is 12.8. The van der Waals surface area contributed by atoms with Crippen LogP contribution in [0.5, 0.6) is 5.75 Å². The highest BCUT2D eigenvalue weighted by Crippen LogP contribution is 2.33. The van der Waals surface area contributed by atoms with Gasteiger partial charge in [0.15, 0.2) is 0 Å². The van der Waals surface area contributed by atoms with Crippen LogP contribution in [0.4, 0.5) is 24.5 Å². The Balaban J connectivity index is 1.58. The Morgan fingerprint density at radius 2 is 1.79 bits per heavy atom. The summed E-state index contributed by atoms with van der Waals surface area (Å²) in [6.07, 6.45) is 1.13. The van der Waals surface area contributed by atoms with Gasteiger partial charge in [0.25, 0.3) is 15.9 Å². The fraction of sp³-hybridized carbons (Fsp3) is 0.231. The molecule has 1 N–H and O–H groups in total. The maximum Gasteiger partial charge on any atom is 0.387 e. The molecule has 0 saturated heterocycles. The van der Waals surface area contributed by atoms with Gasteiger partial charge in [0.05, 0.1) is 22.8 Å². The molecule has 8 nitrogen and oxygen atoms in total. The molecule has 1 amide bonds. The highest BCUT2D eigenvalue weighted by Gasteiger charge is 2.30. The Morgan fingerprint density at radius 1 is 1.05 bits per heavy atom. The number of ether oxygens (including phenoxy) is 2. The zero-order valence-corrected chi connectivity index (χ0v) is 20.9. The second-order valence-corrected chi connectivity index (χ2v) is 10.1. The van der Waals surface area contributed by atoms with Gasteiger partial charge in [-0.1, -0.05) is 6.07 Å². The molecule has 1 aliphatic heterocycles. The Morgan fingerprint density at radius 3 is 2.45 bits per heavy atom. The van der Waals surface area contributed by atoms with Gasteiger partial charge in [-0.2, -0.15) is 8.78 Å². The summed E-state index contributed by atoms with van der Waals surface area (Å²) in [5.74, 6) is -2.49. The predicted molar refractivity (Wildman–Crippen MR) is 133 cm³/mol. The molecule has 0 atom stereocenters. The Hall–Kier alpha value is -4.06. The van der Waals surface area contributed by atoms with Gasteiger partial charge >= 0.3 is 12.6 Å². The molecule has 0 fully saturated rings. The maximum atomic E-state index is 14.4. The van der Waals surface area contributed by atoms with Crippen molar-refractivity contribution in [2.45, 2.75) is 31.3 Å². The second-order valence-electron chi connectivity index (χ2n) is 8.24. The standard InChI is InChI=1S/C26H23F3N2O6S/c1-2-36-25(33)21-12-7-18(15-22(21)27)30-24(32)17-6-5-16-4-3-13-31(23(16)14-17)38(34,35)20-10-8-19(9-11-20)37-26(28)29/h5-12,14-15,26H,2-4,13H2,1H3,(H,30,32). The lowest BCUT2D eigenvalue weighted by Crippen LogP contribution is -2.35. The van der Waals surface area contributed by atoms with Gasteiger partial charge < -0.3 is 14.8 Å². The molecule has 0 spiro atoms. The number of carbonyl (C=O) groups excluding carboxylic acids is 2. The van der Waals surface area contributed by atoms with Crippen LogP contribution in [0.2, 0.25) is 0 Å². The number of esters is 1. The van der Waals surface area contributed by atoms with Crippen molar-refractivity contribution in [2.24, 2.45) is 0 Å².